The number of fused-ring (bicyclic) bond motifs is 1. The van der Waals surface area contributed by atoms with Crippen LogP contribution in [0.5, 0.6) is 0 Å². The van der Waals surface area contributed by atoms with E-state index in [1.165, 1.54) is 0 Å². The minimum atomic E-state index is -0.302. The third kappa shape index (κ3) is 5.13. The maximum atomic E-state index is 12.9. The van der Waals surface area contributed by atoms with Gasteiger partial charge in [-0.15, -0.1) is 0 Å². The second-order valence-corrected chi connectivity index (χ2v) is 9.44. The molecule has 186 valence electrons. The quantitative estimate of drug-likeness (QED) is 0.450. The molecule has 2 amide bonds. The molecule has 0 aliphatic carbocycles. The summed E-state index contributed by atoms with van der Waals surface area (Å²) in [4.78, 5) is 34.3. The first-order chi connectivity index (χ1) is 17.4. The van der Waals surface area contributed by atoms with Gasteiger partial charge in [-0.05, 0) is 57.3 Å². The number of nitrogens with zero attached hydrogens (tertiary/aromatic N) is 7. The number of carbonyl (C=O) groups is 2. The molecule has 1 N–H and O–H groups in total. The number of carbonyl (C=O) groups excluding carboxylic acids is 2. The molecule has 0 spiro atoms. The Morgan fingerprint density at radius 3 is 2.64 bits per heavy atom. The second kappa shape index (κ2) is 9.90. The first-order valence-corrected chi connectivity index (χ1v) is 12.0. The van der Waals surface area contributed by atoms with Crippen molar-refractivity contribution in [2.75, 3.05) is 32.5 Å². The van der Waals surface area contributed by atoms with Gasteiger partial charge in [-0.3, -0.25) is 19.0 Å². The van der Waals surface area contributed by atoms with Gasteiger partial charge in [-0.2, -0.15) is 10.2 Å². The molecule has 0 atom stereocenters. The van der Waals surface area contributed by atoms with Crippen LogP contribution in [0.25, 0.3) is 22.2 Å². The molecule has 3 aromatic heterocycles. The Hall–Kier alpha value is -4.05. The Bertz CT molecular complexity index is 1400. The van der Waals surface area contributed by atoms with Crippen LogP contribution in [-0.2, 0) is 18.4 Å². The smallest absolute Gasteiger partial charge is 0.274 e. The van der Waals surface area contributed by atoms with E-state index in [9.17, 15) is 9.59 Å². The van der Waals surface area contributed by atoms with Crippen LogP contribution in [-0.4, -0.2) is 79.4 Å². The number of piperidine rings is 1. The molecule has 0 unspecified atom stereocenters. The zero-order valence-corrected chi connectivity index (χ0v) is 20.8. The van der Waals surface area contributed by atoms with Crippen molar-refractivity contribution in [3.05, 3.63) is 60.7 Å². The Balaban J connectivity index is 1.24. The summed E-state index contributed by atoms with van der Waals surface area (Å²) in [7, 11) is 6.01. The first kappa shape index (κ1) is 23.7. The third-order valence-electron chi connectivity index (χ3n) is 6.64. The highest BCUT2D eigenvalue weighted by Crippen LogP contribution is 2.21. The average Bonchev–Trinajstić information content (AvgIpc) is 3.49. The second-order valence-electron chi connectivity index (χ2n) is 9.44. The number of hydrogen-bond donors (Lipinski definition) is 1. The minimum Gasteiger partial charge on any atom is -0.341 e. The molecular weight excluding hydrogens is 456 g/mol. The van der Waals surface area contributed by atoms with Crippen molar-refractivity contribution >= 4 is 28.4 Å². The summed E-state index contributed by atoms with van der Waals surface area (Å²) >= 11 is 0. The molecule has 1 saturated heterocycles. The lowest BCUT2D eigenvalue weighted by molar-refractivity contribution is -0.133. The standard InChI is InChI=1S/C26H30N8O2/c1-31(2)21-9-11-33(12-10-21)25(35)17-34-16-18-13-20(7-8-23(18)30-34)28-26(36)24-6-4-5-22(29-24)19-14-27-32(3)15-19/h4-8,13-16,21H,9-12,17H2,1-3H3,(H,28,36). The normalized spacial score (nSPS) is 14.5. The van der Waals surface area contributed by atoms with Crippen molar-refractivity contribution < 1.29 is 9.59 Å². The topological polar surface area (TPSA) is 101 Å². The number of rotatable bonds is 6. The number of anilines is 1. The average molecular weight is 487 g/mol. The predicted molar refractivity (Wildman–Crippen MR) is 137 cm³/mol. The van der Waals surface area contributed by atoms with Crippen LogP contribution in [0, 0.1) is 0 Å². The monoisotopic (exact) mass is 486 g/mol. The molecule has 0 radical (unpaired) electrons. The van der Waals surface area contributed by atoms with Crippen molar-refractivity contribution in [2.24, 2.45) is 7.05 Å². The fourth-order valence-corrected chi connectivity index (χ4v) is 4.58. The number of hydrogen-bond acceptors (Lipinski definition) is 6. The highest BCUT2D eigenvalue weighted by atomic mass is 16.2. The van der Waals surface area contributed by atoms with Gasteiger partial charge < -0.3 is 15.1 Å². The predicted octanol–water partition coefficient (Wildman–Crippen LogP) is 2.64. The maximum Gasteiger partial charge on any atom is 0.274 e. The molecule has 4 heterocycles. The lowest BCUT2D eigenvalue weighted by Gasteiger charge is -2.35. The van der Waals surface area contributed by atoms with Gasteiger partial charge in [0.25, 0.3) is 5.91 Å². The molecule has 1 fully saturated rings. The number of nitrogens with one attached hydrogen (secondary N) is 1. The highest BCUT2D eigenvalue weighted by Gasteiger charge is 2.24. The van der Waals surface area contributed by atoms with Crippen molar-refractivity contribution in [1.29, 1.82) is 0 Å². The van der Waals surface area contributed by atoms with E-state index in [1.54, 1.807) is 33.8 Å². The molecule has 5 rings (SSSR count). The lowest BCUT2D eigenvalue weighted by atomic mass is 10.0. The number of likely N-dealkylation sites (tertiary alicyclic amines) is 1. The summed E-state index contributed by atoms with van der Waals surface area (Å²) in [5.41, 5.74) is 3.25. The Labute approximate surface area is 209 Å². The van der Waals surface area contributed by atoms with Crippen molar-refractivity contribution in [3.63, 3.8) is 0 Å². The van der Waals surface area contributed by atoms with E-state index in [0.29, 0.717) is 23.1 Å². The lowest BCUT2D eigenvalue weighted by Crippen LogP contribution is -2.45. The molecule has 36 heavy (non-hydrogen) atoms. The van der Waals surface area contributed by atoms with Crippen LogP contribution in [0.2, 0.25) is 0 Å². The van der Waals surface area contributed by atoms with Gasteiger partial charge in [-0.25, -0.2) is 4.98 Å². The van der Waals surface area contributed by atoms with Crippen LogP contribution in [0.3, 0.4) is 0 Å². The summed E-state index contributed by atoms with van der Waals surface area (Å²) in [5.74, 6) is -0.225. The van der Waals surface area contributed by atoms with Crippen LogP contribution in [0.15, 0.2) is 55.0 Å². The van der Waals surface area contributed by atoms with Crippen LogP contribution >= 0.6 is 0 Å². The number of aromatic nitrogens is 5. The zero-order valence-electron chi connectivity index (χ0n) is 20.8. The summed E-state index contributed by atoms with van der Waals surface area (Å²) in [6.45, 7) is 1.75. The van der Waals surface area contributed by atoms with E-state index >= 15 is 0 Å². The van der Waals surface area contributed by atoms with Gasteiger partial charge in [0.1, 0.15) is 12.2 Å². The number of amides is 2. The molecule has 4 aromatic rings. The van der Waals surface area contributed by atoms with Crippen molar-refractivity contribution in [1.82, 2.24) is 34.3 Å². The van der Waals surface area contributed by atoms with E-state index in [2.05, 4.69) is 39.5 Å². The molecule has 1 aliphatic rings. The summed E-state index contributed by atoms with van der Waals surface area (Å²) in [6, 6.07) is 11.4. The SMILES string of the molecule is CN(C)C1CCN(C(=O)Cn2cc3cc(NC(=O)c4cccc(-c5cnn(C)c5)n4)ccc3n2)CC1. The zero-order chi connectivity index (χ0) is 25.2. The van der Waals surface area contributed by atoms with E-state index in [0.717, 1.165) is 42.4 Å². The van der Waals surface area contributed by atoms with Crippen LogP contribution in [0.4, 0.5) is 5.69 Å². The molecule has 0 bridgehead atoms. The number of pyridine rings is 1. The van der Waals surface area contributed by atoms with Crippen molar-refractivity contribution in [3.8, 4) is 11.3 Å². The molecule has 1 aliphatic heterocycles. The van der Waals surface area contributed by atoms with Gasteiger partial charge in [0, 0.05) is 55.2 Å². The first-order valence-electron chi connectivity index (χ1n) is 12.0. The summed E-state index contributed by atoms with van der Waals surface area (Å²) in [6.07, 6.45) is 7.39. The fourth-order valence-electron chi connectivity index (χ4n) is 4.58. The number of aryl methyl sites for hydroxylation is 1. The molecule has 1 aromatic carbocycles. The van der Waals surface area contributed by atoms with Gasteiger partial charge in [0.2, 0.25) is 5.91 Å². The van der Waals surface area contributed by atoms with Crippen LogP contribution in [0.1, 0.15) is 23.3 Å². The van der Waals surface area contributed by atoms with Gasteiger partial charge in [0.05, 0.1) is 17.4 Å². The highest BCUT2D eigenvalue weighted by molar-refractivity contribution is 6.04. The van der Waals surface area contributed by atoms with E-state index in [1.807, 2.05) is 42.5 Å². The van der Waals surface area contributed by atoms with E-state index in [-0.39, 0.29) is 18.4 Å². The largest absolute Gasteiger partial charge is 0.341 e. The van der Waals surface area contributed by atoms with E-state index in [4.69, 9.17) is 0 Å². The van der Waals surface area contributed by atoms with Gasteiger partial charge >= 0.3 is 0 Å². The Morgan fingerprint density at radius 1 is 1.11 bits per heavy atom. The van der Waals surface area contributed by atoms with Gasteiger partial charge in [-0.1, -0.05) is 6.07 Å². The molecular formula is C26H30N8O2. The van der Waals surface area contributed by atoms with Gasteiger partial charge in [0.15, 0.2) is 0 Å². The Morgan fingerprint density at radius 2 is 1.92 bits per heavy atom. The molecule has 0 saturated carbocycles. The molecule has 10 nitrogen and oxygen atoms in total. The molecule has 10 heteroatoms. The minimum absolute atomic E-state index is 0.0770. The summed E-state index contributed by atoms with van der Waals surface area (Å²) < 4.78 is 3.37. The fraction of sp³-hybridized carbons (Fsp3) is 0.346. The Kier molecular flexibility index (Phi) is 6.51. The van der Waals surface area contributed by atoms with Crippen molar-refractivity contribution in [2.45, 2.75) is 25.4 Å². The maximum absolute atomic E-state index is 12.9. The van der Waals surface area contributed by atoms with Crippen LogP contribution < -0.4 is 5.32 Å². The van der Waals surface area contributed by atoms with E-state index < -0.39 is 0 Å². The number of benzene rings is 1. The summed E-state index contributed by atoms with van der Waals surface area (Å²) in [5, 5.41) is 12.5. The third-order valence-corrected chi connectivity index (χ3v) is 6.64.